The molecule has 5 N–H and O–H groups in total. The van der Waals surface area contributed by atoms with Crippen LogP contribution in [0.15, 0.2) is 221 Å². The number of ether oxygens (including phenoxy) is 2. The van der Waals surface area contributed by atoms with E-state index in [0.29, 0.717) is 162 Å². The molecule has 0 amide bonds. The fourth-order valence-corrected chi connectivity index (χ4v) is 24.5. The third kappa shape index (κ3) is 27.3. The zero-order valence-corrected chi connectivity index (χ0v) is 92.6. The largest absolute Gasteiger partial charge is 0.481 e. The predicted molar refractivity (Wildman–Crippen MR) is 588 cm³/mol. The summed E-state index contributed by atoms with van der Waals surface area (Å²) in [7, 11) is 3.04. The third-order valence-electron chi connectivity index (χ3n) is 23.6. The number of aliphatic hydroxyl groups is 5. The number of aromatic nitrogens is 17. The smallest absolute Gasteiger partial charge is 0.352 e. The average molecular weight is 2430 g/mol. The number of nitrogens with zero attached hydrogens (tertiary/aromatic N) is 22. The maximum absolute atomic E-state index is 13.4. The summed E-state index contributed by atoms with van der Waals surface area (Å²) in [5, 5.41) is 55.6. The lowest BCUT2D eigenvalue weighted by atomic mass is 9.97. The number of anilines is 5. The van der Waals surface area contributed by atoms with Gasteiger partial charge in [0, 0.05) is 79.2 Å². The molecule has 18 heterocycles. The van der Waals surface area contributed by atoms with Gasteiger partial charge < -0.3 is 59.5 Å². The standard InChI is InChI=1S/C20H17BrClFN4O2S.C20H19BrClN5O3S.C20H20BrN5O3S.C19H19BrN4O2S2.C19H16ClFN4O2S/c1-11-24-19(25-20(29)27(11)9-13-3-5-18(21)30-13)26-7-6-14(17(28)10-26)12-2-4-16(23)15(22)8-12;1-11-23-19(25-20(29)27(11)9-12-3-6-17(21)31-12)26-8-7-13(16(28)10-26)15-5-4-14(22)18(24-15)30-2;1-12-22-19(24-20(28)26(12)10-13-6-7-17(21)30-13)25-9-8-14(16(27)11-25)15-4-3-5-18(23-15)29-2;1-11-7-16(27-10-11)14-5-6-23(9-15(14)25)18-21-12(2)24(19(26)22-18)8-13-3-4-17(20)28-13;20-17-6-5-14(28-17)9-25-11-22-18(23-19(25)27)24-8-7-15(16(26)10-24)12-1-3-13(21)4-2-12/h2-6,8,17,28H,7,9-10H2,1H3;3-7,16,28H,8-10H2,1-2H3;3-8,16,27H,9-11H2,1-2H3;3-5,7,10,15,25H,6,8-9H2,1-2H3;1-7,11,16,26H,8-10H2/t17-;2*16-;15-;16-/m00000/s1. The van der Waals surface area contributed by atoms with Crippen molar-refractivity contribution in [1.82, 2.24) is 82.6 Å². The minimum atomic E-state index is -0.852. The number of pyridine rings is 2. The molecule has 0 aliphatic carbocycles. The first-order valence-electron chi connectivity index (χ1n) is 45.1. The van der Waals surface area contributed by atoms with Gasteiger partial charge in [0.15, 0.2) is 0 Å². The highest BCUT2D eigenvalue weighted by atomic mass is 79.9. The van der Waals surface area contributed by atoms with Gasteiger partial charge in [-0.3, -0.25) is 22.8 Å². The summed E-state index contributed by atoms with van der Waals surface area (Å²) < 4.78 is 49.1. The zero-order valence-electron chi connectivity index (χ0n) is 79.1. The number of hydrogen-bond acceptors (Lipinski definition) is 35. The van der Waals surface area contributed by atoms with Crippen molar-refractivity contribution in [2.45, 2.75) is 97.9 Å². The number of β-amino-alcohol motifs (C(OH)–C–C–N with tert-alkyl or cyclic N) is 5. The van der Waals surface area contributed by atoms with Gasteiger partial charge in [-0.15, -0.1) is 68.0 Å². The quantitative estimate of drug-likeness (QED) is 0.0421. The number of benzene rings is 2. The zero-order chi connectivity index (χ0) is 104. The topological polar surface area (TPSA) is 400 Å². The van der Waals surface area contributed by atoms with Crippen molar-refractivity contribution in [3.63, 3.8) is 0 Å². The van der Waals surface area contributed by atoms with Crippen LogP contribution in [0.3, 0.4) is 0 Å². The number of aryl methyl sites for hydroxylation is 5. The van der Waals surface area contributed by atoms with Gasteiger partial charge in [-0.25, -0.2) is 47.7 Å². The van der Waals surface area contributed by atoms with E-state index in [4.69, 9.17) is 44.3 Å². The number of thiophene rings is 6. The van der Waals surface area contributed by atoms with Crippen molar-refractivity contribution >= 4 is 224 Å². The van der Waals surface area contributed by atoms with Crippen molar-refractivity contribution in [2.24, 2.45) is 0 Å². The molecule has 5 aliphatic heterocycles. The van der Waals surface area contributed by atoms with E-state index >= 15 is 0 Å². The van der Waals surface area contributed by atoms with Gasteiger partial charge in [0.1, 0.15) is 46.3 Å². The Morgan fingerprint density at radius 1 is 0.381 bits per heavy atom. The van der Waals surface area contributed by atoms with E-state index in [9.17, 15) is 58.3 Å². The second-order valence-electron chi connectivity index (χ2n) is 33.6. The average Bonchev–Trinajstić information content (AvgIpc) is 1.57. The Morgan fingerprint density at radius 2 is 0.762 bits per heavy atom. The van der Waals surface area contributed by atoms with Gasteiger partial charge >= 0.3 is 28.4 Å². The third-order valence-corrected chi connectivity index (χ3v) is 32.9. The van der Waals surface area contributed by atoms with Crippen molar-refractivity contribution in [3.8, 4) is 11.8 Å². The molecule has 49 heteroatoms. The van der Waals surface area contributed by atoms with Gasteiger partial charge in [-0.1, -0.05) is 89.4 Å². The lowest BCUT2D eigenvalue weighted by molar-refractivity contribution is 0.232. The highest BCUT2D eigenvalue weighted by Crippen LogP contribution is 2.37. The Hall–Kier alpha value is -11.3. The molecule has 764 valence electrons. The number of hydrogen-bond donors (Lipinski definition) is 5. The molecule has 0 fully saturated rings. The van der Waals surface area contributed by atoms with Crippen LogP contribution in [0.25, 0.3) is 27.9 Å². The van der Waals surface area contributed by atoms with Crippen LogP contribution in [-0.2, 0) is 32.7 Å². The Balaban J connectivity index is 0.000000131. The van der Waals surface area contributed by atoms with Gasteiger partial charge in [-0.2, -0.15) is 44.9 Å². The summed E-state index contributed by atoms with van der Waals surface area (Å²) in [6.07, 6.45) is 6.91. The van der Waals surface area contributed by atoms with Crippen LogP contribution < -0.4 is 62.4 Å². The van der Waals surface area contributed by atoms with Gasteiger partial charge in [0.2, 0.25) is 41.5 Å². The second-order valence-corrected chi connectivity index (χ2v) is 47.3. The van der Waals surface area contributed by atoms with Crippen LogP contribution in [0.2, 0.25) is 14.4 Å². The number of halogens is 9. The minimum Gasteiger partial charge on any atom is -0.481 e. The molecule has 147 heavy (non-hydrogen) atoms. The van der Waals surface area contributed by atoms with Gasteiger partial charge in [0.05, 0.1) is 146 Å². The first kappa shape index (κ1) is 108. The molecule has 0 saturated heterocycles. The Labute approximate surface area is 911 Å². The minimum absolute atomic E-state index is 0.00312. The molecule has 0 saturated carbocycles. The molecule has 2 aromatic carbocycles. The van der Waals surface area contributed by atoms with Crippen molar-refractivity contribution < 1.29 is 43.8 Å². The Kier molecular flexibility index (Phi) is 36.2. The monoisotopic (exact) mass is 2420 g/mol. The summed E-state index contributed by atoms with van der Waals surface area (Å²) in [6, 6.07) is 40.5. The lowest BCUT2D eigenvalue weighted by Crippen LogP contribution is -2.40. The molecule has 0 unspecified atom stereocenters. The van der Waals surface area contributed by atoms with Crippen molar-refractivity contribution in [1.29, 1.82) is 0 Å². The summed E-state index contributed by atoms with van der Waals surface area (Å²) >= 11 is 40.8. The highest BCUT2D eigenvalue weighted by molar-refractivity contribution is 9.11. The number of methoxy groups -OCH3 is 2. The van der Waals surface area contributed by atoms with Crippen LogP contribution in [0.5, 0.6) is 11.8 Å². The summed E-state index contributed by atoms with van der Waals surface area (Å²) in [6.45, 7) is 14.9. The first-order chi connectivity index (χ1) is 70.5. The maximum atomic E-state index is 13.4. The maximum Gasteiger partial charge on any atom is 0.352 e. The molecule has 0 bridgehead atoms. The molecule has 0 spiro atoms. The van der Waals surface area contributed by atoms with E-state index in [1.807, 2.05) is 116 Å². The van der Waals surface area contributed by atoms with E-state index in [1.54, 1.807) is 156 Å². The molecule has 15 aromatic rings. The molecular formula is C98H91Br4Cl3F2N22O12S6. The summed E-state index contributed by atoms with van der Waals surface area (Å²) in [5.74, 6) is 3.76. The fourth-order valence-electron chi connectivity index (χ4n) is 16.1. The van der Waals surface area contributed by atoms with Crippen LogP contribution in [0, 0.1) is 46.3 Å². The van der Waals surface area contributed by atoms with Crippen LogP contribution >= 0.6 is 167 Å². The normalized spacial score (nSPS) is 16.7. The summed E-state index contributed by atoms with van der Waals surface area (Å²) in [5.41, 5.74) is 5.68. The number of rotatable bonds is 22. The molecule has 34 nitrogen and oxygen atoms in total. The second kappa shape index (κ2) is 49.0. The summed E-state index contributed by atoms with van der Waals surface area (Å²) in [4.78, 5) is 130. The molecular weight excluding hydrogens is 2330 g/mol. The number of aliphatic hydroxyl groups excluding tert-OH is 5. The highest BCUT2D eigenvalue weighted by Gasteiger charge is 2.33. The lowest BCUT2D eigenvalue weighted by Gasteiger charge is -2.30. The SMILES string of the molecule is COc1cccc(C2=CCN(c3nc(C)n(Cc4ccc(Br)s4)c(=O)n3)C[C@@H]2O)n1.COc1nc(C2=CCN(c3nc(C)n(Cc4ccc(Br)s4)c(=O)n3)C[C@@H]2O)ccc1Cl.Cc1csc(C2=CCN(c3nc(C)n(Cc4ccc(Br)s4)c(=O)n3)C[C@@H]2O)c1.Cc1nc(N2CC=C(c3ccc(F)c(Cl)c3)[C@@H](O)C2)nc(=O)n1Cc1ccc(Br)s1.O=c1nc(N2CC=C(c3ccc(F)cc3)[C@@H](O)C2)ncn1Cc1ccc(Cl)s1. The Bertz CT molecular complexity index is 7850. The van der Waals surface area contributed by atoms with Crippen LogP contribution in [0.1, 0.15) is 80.6 Å². The van der Waals surface area contributed by atoms with E-state index in [1.165, 1.54) is 68.3 Å². The first-order valence-corrected chi connectivity index (χ1v) is 54.4. The molecule has 13 aromatic heterocycles. The molecule has 5 aliphatic rings. The van der Waals surface area contributed by atoms with E-state index in [2.05, 4.69) is 135 Å². The van der Waals surface area contributed by atoms with Gasteiger partial charge in [0.25, 0.3) is 0 Å². The van der Waals surface area contributed by atoms with Crippen LogP contribution in [-0.4, -0.2) is 218 Å². The molecule has 0 radical (unpaired) electrons. The van der Waals surface area contributed by atoms with Crippen molar-refractivity contribution in [2.75, 3.05) is 104 Å². The Morgan fingerprint density at radius 3 is 1.12 bits per heavy atom. The van der Waals surface area contributed by atoms with E-state index < -0.39 is 47.7 Å². The van der Waals surface area contributed by atoms with E-state index in [-0.39, 0.29) is 66.0 Å². The van der Waals surface area contributed by atoms with Crippen molar-refractivity contribution in [3.05, 3.63) is 356 Å². The van der Waals surface area contributed by atoms with Crippen LogP contribution in [0.4, 0.5) is 38.5 Å². The van der Waals surface area contributed by atoms with E-state index in [0.717, 1.165) is 66.7 Å². The predicted octanol–water partition coefficient (Wildman–Crippen LogP) is 15.8. The fraction of sp³-hybridized carbons (Fsp3) is 0.276. The van der Waals surface area contributed by atoms with Gasteiger partial charge in [-0.05, 0) is 246 Å². The molecule has 5 atom stereocenters. The molecule has 20 rings (SSSR count).